The fourth-order valence-electron chi connectivity index (χ4n) is 1.96. The van der Waals surface area contributed by atoms with Gasteiger partial charge in [-0.3, -0.25) is 0 Å². The van der Waals surface area contributed by atoms with Crippen molar-refractivity contribution in [2.24, 2.45) is 0 Å². The normalized spacial score (nSPS) is 11.0. The summed E-state index contributed by atoms with van der Waals surface area (Å²) < 4.78 is 15.7. The minimum Gasteiger partial charge on any atom is -0.503 e. The monoisotopic (exact) mass is 298 g/mol. The number of carbonyl (C=O) groups is 1. The largest absolute Gasteiger partial charge is 0.503 e. The van der Waals surface area contributed by atoms with E-state index in [0.717, 1.165) is 5.56 Å². The molecule has 0 heterocycles. The summed E-state index contributed by atoms with van der Waals surface area (Å²) >= 11 is 0. The lowest BCUT2D eigenvalue weighted by atomic mass is 10.1. The predicted molar refractivity (Wildman–Crippen MR) is 84.7 cm³/mol. The first-order valence-electron chi connectivity index (χ1n) is 6.81. The minimum atomic E-state index is -0.484. The Bertz CT molecular complexity index is 672. The molecule has 114 valence electrons. The minimum absolute atomic E-state index is 0.299. The van der Waals surface area contributed by atoms with E-state index in [2.05, 4.69) is 0 Å². The van der Waals surface area contributed by atoms with E-state index >= 15 is 0 Å². The molecule has 0 aromatic heterocycles. The van der Waals surface area contributed by atoms with E-state index in [1.54, 1.807) is 12.1 Å². The maximum Gasteiger partial charge on any atom is 0.341 e. The van der Waals surface area contributed by atoms with Crippen LogP contribution in [0, 0.1) is 6.92 Å². The van der Waals surface area contributed by atoms with Crippen LogP contribution in [0.1, 0.15) is 11.1 Å². The summed E-state index contributed by atoms with van der Waals surface area (Å²) in [6, 6.07) is 14.9. The summed E-state index contributed by atoms with van der Waals surface area (Å²) in [5.74, 6) is 0.765. The number of ether oxygens (including phenoxy) is 3. The first-order valence-corrected chi connectivity index (χ1v) is 6.81. The lowest BCUT2D eigenvalue weighted by molar-refractivity contribution is -0.133. The third kappa shape index (κ3) is 3.67. The van der Waals surface area contributed by atoms with Crippen LogP contribution >= 0.6 is 0 Å². The molecule has 4 heteroatoms. The Morgan fingerprint density at radius 1 is 1.00 bits per heavy atom. The van der Waals surface area contributed by atoms with Crippen LogP contribution in [0.2, 0.25) is 0 Å². The average Bonchev–Trinajstić information content (AvgIpc) is 2.55. The molecule has 0 spiro atoms. The molecule has 0 aliphatic heterocycles. The number of esters is 1. The highest BCUT2D eigenvalue weighted by Crippen LogP contribution is 2.31. The first kappa shape index (κ1) is 15.6. The summed E-state index contributed by atoms with van der Waals surface area (Å²) in [5, 5.41) is 0. The molecular formula is C18H18O4. The Morgan fingerprint density at radius 3 is 2.32 bits per heavy atom. The van der Waals surface area contributed by atoms with Gasteiger partial charge in [-0.05, 0) is 25.1 Å². The molecule has 0 bridgehead atoms. The summed E-state index contributed by atoms with van der Waals surface area (Å²) in [6.07, 6.45) is 1.35. The van der Waals surface area contributed by atoms with Crippen LogP contribution in [0.15, 0.2) is 54.8 Å². The SMILES string of the molecule is CO/C=C(/C(=O)OC)c1ccccc1Oc1ccc(C)cc1. The summed E-state index contributed by atoms with van der Waals surface area (Å²) in [7, 11) is 2.81. The highest BCUT2D eigenvalue weighted by atomic mass is 16.5. The molecule has 2 rings (SSSR count). The molecule has 0 amide bonds. The molecule has 0 saturated carbocycles. The predicted octanol–water partition coefficient (Wildman–Crippen LogP) is 3.95. The van der Waals surface area contributed by atoms with Gasteiger partial charge in [-0.2, -0.15) is 0 Å². The van der Waals surface area contributed by atoms with Gasteiger partial charge in [0.15, 0.2) is 0 Å². The number of hydrogen-bond acceptors (Lipinski definition) is 4. The maximum atomic E-state index is 11.9. The van der Waals surface area contributed by atoms with Crippen molar-refractivity contribution < 1.29 is 19.0 Å². The number of benzene rings is 2. The molecule has 0 fully saturated rings. The number of hydrogen-bond donors (Lipinski definition) is 0. The van der Waals surface area contributed by atoms with Crippen molar-refractivity contribution in [2.45, 2.75) is 6.92 Å². The topological polar surface area (TPSA) is 44.8 Å². The van der Waals surface area contributed by atoms with Gasteiger partial charge < -0.3 is 14.2 Å². The summed E-state index contributed by atoms with van der Waals surface area (Å²) in [5.41, 5.74) is 2.06. The molecule has 4 nitrogen and oxygen atoms in total. The van der Waals surface area contributed by atoms with Gasteiger partial charge in [-0.15, -0.1) is 0 Å². The van der Waals surface area contributed by atoms with E-state index in [0.29, 0.717) is 22.6 Å². The number of rotatable bonds is 5. The van der Waals surface area contributed by atoms with Gasteiger partial charge in [-0.1, -0.05) is 35.9 Å². The second-order valence-electron chi connectivity index (χ2n) is 4.67. The van der Waals surface area contributed by atoms with Gasteiger partial charge in [0.05, 0.1) is 20.5 Å². The van der Waals surface area contributed by atoms with Crippen LogP contribution in [-0.2, 0) is 14.3 Å². The third-order valence-electron chi connectivity index (χ3n) is 3.07. The van der Waals surface area contributed by atoms with Gasteiger partial charge in [-0.25, -0.2) is 4.79 Å². The smallest absolute Gasteiger partial charge is 0.341 e. The van der Waals surface area contributed by atoms with Crippen LogP contribution in [0.5, 0.6) is 11.5 Å². The van der Waals surface area contributed by atoms with Gasteiger partial charge in [0.2, 0.25) is 0 Å². The third-order valence-corrected chi connectivity index (χ3v) is 3.07. The van der Waals surface area contributed by atoms with Crippen molar-refractivity contribution in [3.8, 4) is 11.5 Å². The first-order chi connectivity index (χ1) is 10.7. The van der Waals surface area contributed by atoms with E-state index in [1.807, 2.05) is 43.3 Å². The molecular weight excluding hydrogens is 280 g/mol. The molecule has 0 saturated heterocycles. The van der Waals surface area contributed by atoms with Crippen LogP contribution in [-0.4, -0.2) is 20.2 Å². The Kier molecular flexibility index (Phi) is 5.20. The molecule has 2 aromatic rings. The highest BCUT2D eigenvalue weighted by molar-refractivity contribution is 6.17. The second-order valence-corrected chi connectivity index (χ2v) is 4.67. The molecule has 0 unspecified atom stereocenters. The van der Waals surface area contributed by atoms with Gasteiger partial charge in [0.1, 0.15) is 17.1 Å². The summed E-state index contributed by atoms with van der Waals surface area (Å²) in [6.45, 7) is 2.01. The van der Waals surface area contributed by atoms with Gasteiger partial charge in [0.25, 0.3) is 0 Å². The van der Waals surface area contributed by atoms with Crippen LogP contribution in [0.3, 0.4) is 0 Å². The Hall–Kier alpha value is -2.75. The van der Waals surface area contributed by atoms with Crippen LogP contribution < -0.4 is 4.74 Å². The molecule has 0 radical (unpaired) electrons. The van der Waals surface area contributed by atoms with Crippen molar-refractivity contribution in [2.75, 3.05) is 14.2 Å². The van der Waals surface area contributed by atoms with Crippen LogP contribution in [0.4, 0.5) is 0 Å². The maximum absolute atomic E-state index is 11.9. The molecule has 0 N–H and O–H groups in total. The molecule has 0 aliphatic carbocycles. The molecule has 2 aromatic carbocycles. The summed E-state index contributed by atoms with van der Waals surface area (Å²) in [4.78, 5) is 11.9. The van der Waals surface area contributed by atoms with Gasteiger partial charge >= 0.3 is 5.97 Å². The number of para-hydroxylation sites is 1. The molecule has 0 atom stereocenters. The molecule has 0 aliphatic rings. The van der Waals surface area contributed by atoms with E-state index < -0.39 is 5.97 Å². The average molecular weight is 298 g/mol. The second kappa shape index (κ2) is 7.31. The zero-order valence-electron chi connectivity index (χ0n) is 12.8. The van der Waals surface area contributed by atoms with Crippen molar-refractivity contribution in [3.05, 3.63) is 65.9 Å². The Morgan fingerprint density at radius 2 is 1.68 bits per heavy atom. The number of aryl methyl sites for hydroxylation is 1. The fraction of sp³-hybridized carbons (Fsp3) is 0.167. The zero-order valence-corrected chi connectivity index (χ0v) is 12.8. The van der Waals surface area contributed by atoms with E-state index in [4.69, 9.17) is 14.2 Å². The number of methoxy groups -OCH3 is 2. The Labute approximate surface area is 129 Å². The lowest BCUT2D eigenvalue weighted by Gasteiger charge is -2.12. The molecule has 22 heavy (non-hydrogen) atoms. The zero-order chi connectivity index (χ0) is 15.9. The van der Waals surface area contributed by atoms with E-state index in [-0.39, 0.29) is 0 Å². The Balaban J connectivity index is 2.39. The number of carbonyl (C=O) groups excluding carboxylic acids is 1. The quantitative estimate of drug-likeness (QED) is 0.476. The van der Waals surface area contributed by atoms with E-state index in [9.17, 15) is 4.79 Å². The van der Waals surface area contributed by atoms with E-state index in [1.165, 1.54) is 20.5 Å². The fourth-order valence-corrected chi connectivity index (χ4v) is 1.96. The van der Waals surface area contributed by atoms with Gasteiger partial charge in [0, 0.05) is 5.56 Å². The standard InChI is InChI=1S/C18H18O4/c1-13-8-10-14(11-9-13)22-17-7-5-4-6-15(17)16(12-20-2)18(19)21-3/h4-12H,1-3H3/b16-12+. The van der Waals surface area contributed by atoms with Crippen molar-refractivity contribution >= 4 is 11.5 Å². The van der Waals surface area contributed by atoms with Crippen molar-refractivity contribution in [1.82, 2.24) is 0 Å². The highest BCUT2D eigenvalue weighted by Gasteiger charge is 2.17. The van der Waals surface area contributed by atoms with Crippen molar-refractivity contribution in [1.29, 1.82) is 0 Å². The van der Waals surface area contributed by atoms with Crippen molar-refractivity contribution in [3.63, 3.8) is 0 Å². The lowest BCUT2D eigenvalue weighted by Crippen LogP contribution is -2.05. The van der Waals surface area contributed by atoms with Crippen LogP contribution in [0.25, 0.3) is 5.57 Å².